The van der Waals surface area contributed by atoms with Crippen LogP contribution in [0.3, 0.4) is 0 Å². The Morgan fingerprint density at radius 3 is 1.88 bits per heavy atom. The SMILES string of the molecule is CCCCc1ncc(/C=C2\C(=O)NC(=O)N2CCCC)n1Cc1ccc(-c2ccccc2-c2nnn(C(c3ccccc3)(c3ccccc3)c3ccccc3)n2)cc1. The Hall–Kier alpha value is -6.94. The summed E-state index contributed by atoms with van der Waals surface area (Å²) < 4.78 is 2.15. The van der Waals surface area contributed by atoms with E-state index in [-0.39, 0.29) is 11.9 Å². The summed E-state index contributed by atoms with van der Waals surface area (Å²) >= 11 is 0. The van der Waals surface area contributed by atoms with Gasteiger partial charge in [-0.2, -0.15) is 0 Å². The third kappa shape index (κ3) is 7.36. The summed E-state index contributed by atoms with van der Waals surface area (Å²) in [5, 5.41) is 17.2. The highest BCUT2D eigenvalue weighted by Gasteiger charge is 2.41. The molecule has 0 spiro atoms. The van der Waals surface area contributed by atoms with Crippen molar-refractivity contribution in [1.82, 2.24) is 40.0 Å². The van der Waals surface area contributed by atoms with Gasteiger partial charge < -0.3 is 4.57 Å². The largest absolute Gasteiger partial charge is 0.329 e. The van der Waals surface area contributed by atoms with Crippen molar-refractivity contribution in [2.75, 3.05) is 6.54 Å². The van der Waals surface area contributed by atoms with E-state index in [4.69, 9.17) is 20.4 Å². The van der Waals surface area contributed by atoms with E-state index in [1.807, 2.05) is 72.8 Å². The second-order valence-electron chi connectivity index (χ2n) is 14.5. The van der Waals surface area contributed by atoms with Gasteiger partial charge in [-0.15, -0.1) is 15.0 Å². The van der Waals surface area contributed by atoms with E-state index in [2.05, 4.69) is 90.5 Å². The summed E-state index contributed by atoms with van der Waals surface area (Å²) in [6.45, 7) is 5.27. The molecule has 0 bridgehead atoms. The molecule has 0 aliphatic carbocycles. The number of unbranched alkanes of at least 4 members (excludes halogenated alkanes) is 2. The molecule has 1 fully saturated rings. The lowest BCUT2D eigenvalue weighted by atomic mass is 9.77. The molecule has 1 saturated heterocycles. The molecule has 58 heavy (non-hydrogen) atoms. The highest BCUT2D eigenvalue weighted by atomic mass is 16.2. The van der Waals surface area contributed by atoms with Crippen molar-refractivity contribution in [3.63, 3.8) is 0 Å². The third-order valence-corrected chi connectivity index (χ3v) is 10.8. The fourth-order valence-corrected chi connectivity index (χ4v) is 7.79. The van der Waals surface area contributed by atoms with Crippen molar-refractivity contribution in [2.24, 2.45) is 0 Å². The molecule has 0 saturated carbocycles. The number of carbonyl (C=O) groups is 2. The number of imide groups is 1. The van der Waals surface area contributed by atoms with E-state index >= 15 is 0 Å². The van der Waals surface area contributed by atoms with Gasteiger partial charge in [0.1, 0.15) is 11.5 Å². The summed E-state index contributed by atoms with van der Waals surface area (Å²) in [7, 11) is 0. The second kappa shape index (κ2) is 17.1. The Labute approximate surface area is 338 Å². The van der Waals surface area contributed by atoms with Gasteiger partial charge in [-0.3, -0.25) is 15.0 Å². The van der Waals surface area contributed by atoms with Gasteiger partial charge in [-0.25, -0.2) is 9.78 Å². The monoisotopic (exact) mass is 766 g/mol. The average molecular weight is 767 g/mol. The Balaban J connectivity index is 1.14. The molecule has 290 valence electrons. The number of hydrogen-bond donors (Lipinski definition) is 1. The van der Waals surface area contributed by atoms with Crippen molar-refractivity contribution in [3.8, 4) is 22.5 Å². The van der Waals surface area contributed by atoms with Gasteiger partial charge >= 0.3 is 6.03 Å². The van der Waals surface area contributed by atoms with Gasteiger partial charge in [0.2, 0.25) is 5.82 Å². The minimum atomic E-state index is -0.880. The molecule has 10 nitrogen and oxygen atoms in total. The first-order valence-electron chi connectivity index (χ1n) is 20.1. The standard InChI is InChI=1S/C48H46N8O2/c1-3-5-26-44-49-33-40(32-43-46(57)50-47(58)54(43)31-6-4-2)55(44)34-35-27-29-36(30-28-35)41-24-16-17-25-42(41)45-51-53-56(52-45)48(37-18-10-7-11-19-37,38-20-12-8-13-21-38)39-22-14-9-15-23-39/h7-25,27-30,32-33H,3-6,26,31,34H2,1-2H3,(H,50,57,58)/b43-32+. The van der Waals surface area contributed by atoms with Gasteiger partial charge in [0.15, 0.2) is 5.54 Å². The summed E-state index contributed by atoms with van der Waals surface area (Å²) in [6.07, 6.45) is 8.16. The maximum atomic E-state index is 12.9. The molecule has 2 aromatic heterocycles. The molecule has 0 atom stereocenters. The van der Waals surface area contributed by atoms with Crippen LogP contribution in [-0.2, 0) is 23.3 Å². The smallest absolute Gasteiger partial charge is 0.324 e. The lowest BCUT2D eigenvalue weighted by Crippen LogP contribution is -2.39. The van der Waals surface area contributed by atoms with Crippen LogP contribution >= 0.6 is 0 Å². The first-order chi connectivity index (χ1) is 28.5. The molecule has 5 aromatic carbocycles. The minimum absolute atomic E-state index is 0.354. The zero-order valence-electron chi connectivity index (χ0n) is 32.8. The molecule has 1 N–H and O–H groups in total. The zero-order valence-corrected chi connectivity index (χ0v) is 32.8. The minimum Gasteiger partial charge on any atom is -0.324 e. The van der Waals surface area contributed by atoms with Gasteiger partial charge in [0.25, 0.3) is 5.91 Å². The van der Waals surface area contributed by atoms with E-state index < -0.39 is 5.54 Å². The van der Waals surface area contributed by atoms with E-state index in [0.717, 1.165) is 82.6 Å². The molecule has 7 aromatic rings. The van der Waals surface area contributed by atoms with Crippen LogP contribution in [-0.4, -0.2) is 53.1 Å². The number of imidazole rings is 1. The number of hydrogen-bond acceptors (Lipinski definition) is 6. The first-order valence-corrected chi connectivity index (χ1v) is 20.1. The summed E-state index contributed by atoms with van der Waals surface area (Å²) in [6, 6.07) is 47.3. The Bertz CT molecular complexity index is 2430. The summed E-state index contributed by atoms with van der Waals surface area (Å²) in [4.78, 5) is 33.6. The number of rotatable bonds is 15. The number of tetrazole rings is 1. The molecule has 1 aliphatic heterocycles. The van der Waals surface area contributed by atoms with Crippen LogP contribution in [0.2, 0.25) is 0 Å². The van der Waals surface area contributed by atoms with Crippen LogP contribution in [0.25, 0.3) is 28.6 Å². The average Bonchev–Trinajstić information content (AvgIpc) is 3.98. The van der Waals surface area contributed by atoms with E-state index in [1.165, 1.54) is 0 Å². The van der Waals surface area contributed by atoms with E-state index in [9.17, 15) is 9.59 Å². The maximum absolute atomic E-state index is 12.9. The van der Waals surface area contributed by atoms with Crippen LogP contribution in [0.4, 0.5) is 4.79 Å². The van der Waals surface area contributed by atoms with Gasteiger partial charge in [-0.1, -0.05) is 166 Å². The normalized spacial score (nSPS) is 13.7. The van der Waals surface area contributed by atoms with Crippen molar-refractivity contribution in [1.29, 1.82) is 0 Å². The number of nitrogens with one attached hydrogen (secondary N) is 1. The van der Waals surface area contributed by atoms with Crippen LogP contribution in [0.5, 0.6) is 0 Å². The molecular formula is C48H46N8O2. The summed E-state index contributed by atoms with van der Waals surface area (Å²) in [5.41, 5.74) is 7.26. The Kier molecular flexibility index (Phi) is 11.2. The highest BCUT2D eigenvalue weighted by Crippen LogP contribution is 2.40. The Morgan fingerprint density at radius 2 is 1.28 bits per heavy atom. The summed E-state index contributed by atoms with van der Waals surface area (Å²) in [5.74, 6) is 1.08. The lowest BCUT2D eigenvalue weighted by molar-refractivity contribution is -0.116. The number of benzene rings is 5. The van der Waals surface area contributed by atoms with Gasteiger partial charge in [-0.05, 0) is 57.5 Å². The highest BCUT2D eigenvalue weighted by molar-refractivity contribution is 6.13. The van der Waals surface area contributed by atoms with Crippen molar-refractivity contribution >= 4 is 18.0 Å². The van der Waals surface area contributed by atoms with Crippen LogP contribution in [0.15, 0.2) is 151 Å². The molecule has 0 radical (unpaired) electrons. The molecule has 0 unspecified atom stereocenters. The number of amides is 3. The van der Waals surface area contributed by atoms with Crippen molar-refractivity contribution in [3.05, 3.63) is 185 Å². The number of urea groups is 1. The molecule has 8 rings (SSSR count). The predicted octanol–water partition coefficient (Wildman–Crippen LogP) is 9.13. The topological polar surface area (TPSA) is 111 Å². The third-order valence-electron chi connectivity index (χ3n) is 10.8. The number of aryl methyl sites for hydroxylation is 1. The molecular weight excluding hydrogens is 721 g/mol. The van der Waals surface area contributed by atoms with Crippen molar-refractivity contribution in [2.45, 2.75) is 58.0 Å². The predicted molar refractivity (Wildman–Crippen MR) is 226 cm³/mol. The molecule has 3 amide bonds. The second-order valence-corrected chi connectivity index (χ2v) is 14.5. The van der Waals surface area contributed by atoms with Crippen LogP contribution < -0.4 is 5.32 Å². The maximum Gasteiger partial charge on any atom is 0.329 e. The van der Waals surface area contributed by atoms with E-state index in [1.54, 1.807) is 22.0 Å². The van der Waals surface area contributed by atoms with Gasteiger partial charge in [0.05, 0.1) is 11.9 Å². The fraction of sp³-hybridized carbons (Fsp3) is 0.208. The van der Waals surface area contributed by atoms with Crippen molar-refractivity contribution < 1.29 is 9.59 Å². The fourth-order valence-electron chi connectivity index (χ4n) is 7.79. The number of nitrogens with zero attached hydrogens (tertiary/aromatic N) is 7. The number of aromatic nitrogens is 6. The molecule has 1 aliphatic rings. The quantitative estimate of drug-likeness (QED) is 0.0634. The lowest BCUT2D eigenvalue weighted by Gasteiger charge is -2.34. The van der Waals surface area contributed by atoms with Crippen LogP contribution in [0.1, 0.15) is 73.3 Å². The number of carbonyl (C=O) groups excluding carboxylic acids is 2. The van der Waals surface area contributed by atoms with Crippen LogP contribution in [0, 0.1) is 0 Å². The molecule has 10 heteroatoms. The zero-order chi connectivity index (χ0) is 39.9. The first kappa shape index (κ1) is 38.0. The molecule has 3 heterocycles. The van der Waals surface area contributed by atoms with Gasteiger partial charge in [0, 0.05) is 25.1 Å². The van der Waals surface area contributed by atoms with E-state index in [0.29, 0.717) is 24.6 Å². The Morgan fingerprint density at radius 1 is 0.690 bits per heavy atom.